The minimum absolute atomic E-state index is 0.0217. The van der Waals surface area contributed by atoms with Gasteiger partial charge in [-0.05, 0) is 12.5 Å². The van der Waals surface area contributed by atoms with E-state index in [1.807, 2.05) is 0 Å². The number of halogens is 3. The Kier molecular flexibility index (Phi) is 3.50. The molecule has 0 spiro atoms. The number of aromatic amines is 1. The number of carbonyl (C=O) groups excluding carboxylic acids is 2. The van der Waals surface area contributed by atoms with Gasteiger partial charge in [0, 0.05) is 31.2 Å². The summed E-state index contributed by atoms with van der Waals surface area (Å²) >= 11 is 0. The lowest BCUT2D eigenvalue weighted by Crippen LogP contribution is -2.57. The summed E-state index contributed by atoms with van der Waals surface area (Å²) < 4.78 is 42.5. The number of nitrogens with zero attached hydrogens (tertiary/aromatic N) is 1. The fourth-order valence-electron chi connectivity index (χ4n) is 2.82. The first-order valence-electron chi connectivity index (χ1n) is 6.83. The number of likely N-dealkylation sites (tertiary alicyclic amines) is 1. The molecule has 0 bridgehead atoms. The maximum atomic E-state index is 12.6. The van der Waals surface area contributed by atoms with Crippen molar-refractivity contribution in [1.29, 1.82) is 0 Å². The van der Waals surface area contributed by atoms with Crippen LogP contribution in [0.5, 0.6) is 0 Å². The summed E-state index contributed by atoms with van der Waals surface area (Å²) in [7, 11) is 0. The van der Waals surface area contributed by atoms with Gasteiger partial charge in [-0.15, -0.1) is 0 Å². The molecule has 2 saturated heterocycles. The number of alkyl carbamates (subject to hydrolysis) is 1. The van der Waals surface area contributed by atoms with E-state index in [-0.39, 0.29) is 24.1 Å². The molecule has 0 aromatic carbocycles. The van der Waals surface area contributed by atoms with Crippen molar-refractivity contribution in [3.8, 4) is 0 Å². The van der Waals surface area contributed by atoms with Crippen LogP contribution in [0.15, 0.2) is 12.3 Å². The lowest BCUT2D eigenvalue weighted by molar-refractivity contribution is -0.140. The van der Waals surface area contributed by atoms with Crippen LogP contribution in [-0.2, 0) is 10.9 Å². The number of cyclic esters (lactones) is 1. The minimum Gasteiger partial charge on any atom is -0.449 e. The van der Waals surface area contributed by atoms with E-state index in [1.54, 1.807) is 0 Å². The van der Waals surface area contributed by atoms with Crippen LogP contribution >= 0.6 is 0 Å². The SMILES string of the molecule is O=C1N[C@H]2CCN(C(=O)c3c[nH]c(C(F)(F)F)c3)C[C@@H]2CO1. The molecule has 0 radical (unpaired) electrons. The number of fused-ring (bicyclic) bond motifs is 1. The summed E-state index contributed by atoms with van der Waals surface area (Å²) in [6.45, 7) is 0.935. The average molecular weight is 317 g/mol. The summed E-state index contributed by atoms with van der Waals surface area (Å²) in [6, 6.07) is 0.760. The number of aromatic nitrogens is 1. The average Bonchev–Trinajstić information content (AvgIpc) is 2.95. The molecule has 3 rings (SSSR count). The first kappa shape index (κ1) is 14.7. The third-order valence-electron chi connectivity index (χ3n) is 3.99. The molecule has 2 fully saturated rings. The van der Waals surface area contributed by atoms with Crippen molar-refractivity contribution in [2.45, 2.75) is 18.6 Å². The Bertz CT molecular complexity index is 599. The molecule has 1 aromatic heterocycles. The van der Waals surface area contributed by atoms with Crippen molar-refractivity contribution in [1.82, 2.24) is 15.2 Å². The number of H-pyrrole nitrogens is 1. The van der Waals surface area contributed by atoms with Crippen LogP contribution in [0, 0.1) is 5.92 Å². The Hall–Kier alpha value is -2.19. The van der Waals surface area contributed by atoms with Gasteiger partial charge in [-0.3, -0.25) is 4.79 Å². The van der Waals surface area contributed by atoms with Gasteiger partial charge in [0.25, 0.3) is 5.91 Å². The number of alkyl halides is 3. The van der Waals surface area contributed by atoms with Gasteiger partial charge in [0.1, 0.15) is 5.69 Å². The number of amides is 2. The smallest absolute Gasteiger partial charge is 0.431 e. The predicted octanol–water partition coefficient (Wildman–Crippen LogP) is 1.60. The van der Waals surface area contributed by atoms with Crippen molar-refractivity contribution in [2.75, 3.05) is 19.7 Å². The van der Waals surface area contributed by atoms with Gasteiger partial charge in [-0.1, -0.05) is 0 Å². The molecule has 0 unspecified atom stereocenters. The number of rotatable bonds is 1. The molecule has 2 N–H and O–H groups in total. The van der Waals surface area contributed by atoms with Crippen molar-refractivity contribution in [2.24, 2.45) is 5.92 Å². The van der Waals surface area contributed by atoms with Crippen molar-refractivity contribution in [3.63, 3.8) is 0 Å². The third kappa shape index (κ3) is 2.75. The number of nitrogens with one attached hydrogen (secondary N) is 2. The van der Waals surface area contributed by atoms with E-state index < -0.39 is 23.9 Å². The Balaban J connectivity index is 1.68. The lowest BCUT2D eigenvalue weighted by atomic mass is 9.91. The molecular formula is C13H14F3N3O3. The second-order valence-electron chi connectivity index (χ2n) is 5.45. The van der Waals surface area contributed by atoms with Gasteiger partial charge in [0.15, 0.2) is 0 Å². The molecule has 6 nitrogen and oxygen atoms in total. The maximum absolute atomic E-state index is 12.6. The van der Waals surface area contributed by atoms with Crippen molar-refractivity contribution in [3.05, 3.63) is 23.5 Å². The second kappa shape index (κ2) is 5.22. The zero-order valence-electron chi connectivity index (χ0n) is 11.4. The topological polar surface area (TPSA) is 74.4 Å². The second-order valence-corrected chi connectivity index (χ2v) is 5.45. The molecule has 1 aromatic rings. The molecule has 22 heavy (non-hydrogen) atoms. The molecule has 0 saturated carbocycles. The summed E-state index contributed by atoms with van der Waals surface area (Å²) in [5.74, 6) is -0.501. The number of ether oxygens (including phenoxy) is 1. The van der Waals surface area contributed by atoms with Crippen molar-refractivity contribution < 1.29 is 27.5 Å². The number of piperidine rings is 1. The molecule has 120 valence electrons. The summed E-state index contributed by atoms with van der Waals surface area (Å²) in [4.78, 5) is 27.0. The first-order chi connectivity index (χ1) is 10.3. The Morgan fingerprint density at radius 3 is 2.86 bits per heavy atom. The predicted molar refractivity (Wildman–Crippen MR) is 68.1 cm³/mol. The van der Waals surface area contributed by atoms with Crippen LogP contribution in [0.1, 0.15) is 22.5 Å². The fourth-order valence-corrected chi connectivity index (χ4v) is 2.82. The highest BCUT2D eigenvalue weighted by Crippen LogP contribution is 2.29. The minimum atomic E-state index is -4.51. The molecule has 2 atom stereocenters. The molecule has 3 heterocycles. The van der Waals surface area contributed by atoms with Gasteiger partial charge < -0.3 is 19.9 Å². The van der Waals surface area contributed by atoms with Gasteiger partial charge in [-0.25, -0.2) is 4.79 Å². The standard InChI is InChI=1S/C13H14F3N3O3/c14-13(15,16)10-3-7(4-17-10)11(20)19-2-1-9-8(5-19)6-22-12(21)18-9/h3-4,8-9,17H,1-2,5-6H2,(H,18,21)/t8-,9+/m1/s1. The van der Waals surface area contributed by atoms with Gasteiger partial charge >= 0.3 is 12.3 Å². The number of hydrogen-bond donors (Lipinski definition) is 2. The maximum Gasteiger partial charge on any atom is 0.431 e. The van der Waals surface area contributed by atoms with E-state index in [0.29, 0.717) is 19.5 Å². The fraction of sp³-hybridized carbons (Fsp3) is 0.538. The van der Waals surface area contributed by atoms with Crippen LogP contribution in [0.4, 0.5) is 18.0 Å². The molecule has 2 amide bonds. The normalized spacial score (nSPS) is 25.2. The van der Waals surface area contributed by atoms with E-state index >= 15 is 0 Å². The van der Waals surface area contributed by atoms with Crippen LogP contribution in [0.2, 0.25) is 0 Å². The summed E-state index contributed by atoms with van der Waals surface area (Å²) in [5.41, 5.74) is -0.967. The summed E-state index contributed by atoms with van der Waals surface area (Å²) in [5, 5.41) is 2.69. The molecule has 2 aliphatic rings. The Labute approximate surface area is 123 Å². The zero-order valence-corrected chi connectivity index (χ0v) is 11.4. The van der Waals surface area contributed by atoms with E-state index in [1.165, 1.54) is 4.90 Å². The van der Waals surface area contributed by atoms with Crippen LogP contribution < -0.4 is 5.32 Å². The van der Waals surface area contributed by atoms with E-state index in [9.17, 15) is 22.8 Å². The van der Waals surface area contributed by atoms with Crippen molar-refractivity contribution >= 4 is 12.0 Å². The molecular weight excluding hydrogens is 303 g/mol. The van der Waals surface area contributed by atoms with Crippen LogP contribution in [-0.4, -0.2) is 47.6 Å². The lowest BCUT2D eigenvalue weighted by Gasteiger charge is -2.40. The zero-order chi connectivity index (χ0) is 15.9. The van der Waals surface area contributed by atoms with Crippen LogP contribution in [0.25, 0.3) is 0 Å². The van der Waals surface area contributed by atoms with Gasteiger partial charge in [-0.2, -0.15) is 13.2 Å². The highest BCUT2D eigenvalue weighted by molar-refractivity contribution is 5.94. The van der Waals surface area contributed by atoms with E-state index in [4.69, 9.17) is 4.74 Å². The highest BCUT2D eigenvalue weighted by atomic mass is 19.4. The number of hydrogen-bond acceptors (Lipinski definition) is 3. The quantitative estimate of drug-likeness (QED) is 0.826. The van der Waals surface area contributed by atoms with E-state index in [0.717, 1.165) is 12.3 Å². The third-order valence-corrected chi connectivity index (χ3v) is 3.99. The summed E-state index contributed by atoms with van der Waals surface area (Å²) in [6.07, 6.45) is -3.35. The van der Waals surface area contributed by atoms with Crippen LogP contribution in [0.3, 0.4) is 0 Å². The number of carbonyl (C=O) groups is 2. The van der Waals surface area contributed by atoms with Gasteiger partial charge in [0.2, 0.25) is 0 Å². The van der Waals surface area contributed by atoms with Gasteiger partial charge in [0.05, 0.1) is 12.2 Å². The molecule has 0 aliphatic carbocycles. The Morgan fingerprint density at radius 1 is 1.41 bits per heavy atom. The highest BCUT2D eigenvalue weighted by Gasteiger charge is 2.38. The largest absolute Gasteiger partial charge is 0.449 e. The molecule has 9 heteroatoms. The monoisotopic (exact) mass is 317 g/mol. The Morgan fingerprint density at radius 2 is 2.18 bits per heavy atom. The van der Waals surface area contributed by atoms with E-state index in [2.05, 4.69) is 10.3 Å². The first-order valence-corrected chi connectivity index (χ1v) is 6.83. The molecule has 2 aliphatic heterocycles.